The topological polar surface area (TPSA) is 80.2 Å². The standard InChI is InChI=1S/C38H53N3O4S2/c1-10-12-18-29(28(3)47-33(30-20-14-13-15-21-30)31-22-24-32(46)25-23-31)19-16-17-27-41(26-11-2)34(39-35(42)44-37(4,5)6)40-36(43)45-38(7,8)9/h10,12-15,18,20-25,33,46H,3,11,16-17,19,26-27H2,1-2,4-9H3,(H,39,40,42,43). The second kappa shape index (κ2) is 19.4. The molecule has 1 unspecified atom stereocenters. The number of thiol groups is 1. The lowest BCUT2D eigenvalue weighted by atomic mass is 10.0. The molecule has 2 amide bonds. The van der Waals surface area contributed by atoms with Crippen LogP contribution in [0.2, 0.25) is 0 Å². The molecule has 1 atom stereocenters. The highest BCUT2D eigenvalue weighted by atomic mass is 32.2. The van der Waals surface area contributed by atoms with Gasteiger partial charge in [-0.25, -0.2) is 9.59 Å². The fourth-order valence-electron chi connectivity index (χ4n) is 4.51. The number of aliphatic imine (C=N–C) groups is 1. The van der Waals surface area contributed by atoms with Gasteiger partial charge in [0.25, 0.3) is 0 Å². The van der Waals surface area contributed by atoms with Crippen molar-refractivity contribution >= 4 is 42.5 Å². The number of hydrogen-bond acceptors (Lipinski definition) is 6. The number of amides is 2. The summed E-state index contributed by atoms with van der Waals surface area (Å²) in [6, 6.07) is 18.8. The van der Waals surface area contributed by atoms with E-state index in [9.17, 15) is 9.59 Å². The van der Waals surface area contributed by atoms with Crippen molar-refractivity contribution in [1.29, 1.82) is 0 Å². The number of allylic oxidation sites excluding steroid dienone is 4. The van der Waals surface area contributed by atoms with E-state index in [1.165, 1.54) is 11.1 Å². The Morgan fingerprint density at radius 2 is 1.57 bits per heavy atom. The average Bonchev–Trinajstić information content (AvgIpc) is 2.97. The summed E-state index contributed by atoms with van der Waals surface area (Å²) in [5.74, 6) is 0.123. The Morgan fingerprint density at radius 3 is 2.15 bits per heavy atom. The smallest absolute Gasteiger partial charge is 0.437 e. The zero-order valence-corrected chi connectivity index (χ0v) is 31.0. The van der Waals surface area contributed by atoms with E-state index in [4.69, 9.17) is 9.47 Å². The first kappa shape index (κ1) is 39.7. The van der Waals surface area contributed by atoms with Crippen molar-refractivity contribution in [3.63, 3.8) is 0 Å². The summed E-state index contributed by atoms with van der Waals surface area (Å²) in [5, 5.41) is 2.78. The molecule has 0 saturated carbocycles. The molecular formula is C38H53N3O4S2. The number of nitrogens with zero attached hydrogens (tertiary/aromatic N) is 2. The average molecular weight is 680 g/mol. The maximum absolute atomic E-state index is 12.7. The van der Waals surface area contributed by atoms with Crippen molar-refractivity contribution in [3.05, 3.63) is 101 Å². The lowest BCUT2D eigenvalue weighted by Gasteiger charge is -2.27. The fourth-order valence-corrected chi connectivity index (χ4v) is 5.85. The van der Waals surface area contributed by atoms with Crippen LogP contribution in [-0.2, 0) is 9.47 Å². The van der Waals surface area contributed by atoms with Crippen molar-refractivity contribution < 1.29 is 19.1 Å². The minimum atomic E-state index is -0.772. The van der Waals surface area contributed by atoms with E-state index in [1.807, 2.05) is 49.1 Å². The van der Waals surface area contributed by atoms with E-state index >= 15 is 0 Å². The summed E-state index contributed by atoms with van der Waals surface area (Å²) in [6.45, 7) is 20.4. The predicted molar refractivity (Wildman–Crippen MR) is 200 cm³/mol. The number of alkyl carbamates (subject to hydrolysis) is 1. The van der Waals surface area contributed by atoms with Crippen LogP contribution >= 0.6 is 24.4 Å². The summed E-state index contributed by atoms with van der Waals surface area (Å²) in [6.07, 6.45) is 8.01. The molecule has 47 heavy (non-hydrogen) atoms. The summed E-state index contributed by atoms with van der Waals surface area (Å²) >= 11 is 6.23. The zero-order valence-electron chi connectivity index (χ0n) is 29.3. The van der Waals surface area contributed by atoms with Gasteiger partial charge in [-0.05, 0) is 103 Å². The van der Waals surface area contributed by atoms with Gasteiger partial charge in [0.1, 0.15) is 11.2 Å². The van der Waals surface area contributed by atoms with E-state index in [1.54, 1.807) is 53.3 Å². The number of hydrogen-bond donors (Lipinski definition) is 2. The molecule has 0 heterocycles. The van der Waals surface area contributed by atoms with Gasteiger partial charge in [0, 0.05) is 22.9 Å². The van der Waals surface area contributed by atoms with Crippen molar-refractivity contribution in [3.8, 4) is 0 Å². The second-order valence-electron chi connectivity index (χ2n) is 13.1. The normalized spacial score (nSPS) is 13.3. The third kappa shape index (κ3) is 15.8. The largest absolute Gasteiger partial charge is 0.444 e. The van der Waals surface area contributed by atoms with Gasteiger partial charge >= 0.3 is 12.2 Å². The summed E-state index contributed by atoms with van der Waals surface area (Å²) in [4.78, 5) is 33.4. The minimum Gasteiger partial charge on any atom is -0.444 e. The van der Waals surface area contributed by atoms with Crippen LogP contribution in [0.4, 0.5) is 9.59 Å². The van der Waals surface area contributed by atoms with Crippen LogP contribution in [0.15, 0.2) is 99.8 Å². The third-order valence-electron chi connectivity index (χ3n) is 6.53. The third-order valence-corrected chi connectivity index (χ3v) is 8.15. The van der Waals surface area contributed by atoms with Crippen LogP contribution in [0.25, 0.3) is 0 Å². The molecule has 0 aliphatic rings. The van der Waals surface area contributed by atoms with Crippen LogP contribution in [0.5, 0.6) is 0 Å². The first-order chi connectivity index (χ1) is 22.1. The number of carbonyl (C=O) groups excluding carboxylic acids is 2. The molecule has 256 valence electrons. The van der Waals surface area contributed by atoms with Gasteiger partial charge in [0.15, 0.2) is 0 Å². The van der Waals surface area contributed by atoms with Crippen molar-refractivity contribution in [2.24, 2.45) is 4.99 Å². The molecule has 0 aliphatic carbocycles. The maximum atomic E-state index is 12.7. The lowest BCUT2D eigenvalue weighted by Crippen LogP contribution is -2.47. The van der Waals surface area contributed by atoms with E-state index in [0.29, 0.717) is 13.1 Å². The molecule has 2 rings (SSSR count). The SMILES string of the molecule is C=C(SC(c1ccccc1)c1ccc(S)cc1)C(=CC=CC)CCCCN(CCC)C(=NC(=O)OC(C)(C)C)NC(=O)OC(C)(C)C. The summed E-state index contributed by atoms with van der Waals surface area (Å²) in [7, 11) is 0. The lowest BCUT2D eigenvalue weighted by molar-refractivity contribution is 0.0554. The number of rotatable bonds is 13. The van der Waals surface area contributed by atoms with Gasteiger partial charge < -0.3 is 14.4 Å². The van der Waals surface area contributed by atoms with Gasteiger partial charge in [0.2, 0.25) is 5.96 Å². The molecule has 9 heteroatoms. The van der Waals surface area contributed by atoms with Crippen LogP contribution in [0.1, 0.15) is 97.5 Å². The van der Waals surface area contributed by atoms with E-state index in [2.05, 4.69) is 72.0 Å². The quantitative estimate of drug-likeness (QED) is 0.0721. The number of benzene rings is 2. The van der Waals surface area contributed by atoms with Crippen LogP contribution in [0.3, 0.4) is 0 Å². The van der Waals surface area contributed by atoms with Gasteiger partial charge in [-0.15, -0.1) is 29.4 Å². The van der Waals surface area contributed by atoms with Crippen molar-refractivity contribution in [2.45, 2.75) is 102 Å². The molecule has 1 N–H and O–H groups in total. The highest BCUT2D eigenvalue weighted by Gasteiger charge is 2.23. The minimum absolute atomic E-state index is 0.0808. The van der Waals surface area contributed by atoms with E-state index in [-0.39, 0.29) is 11.2 Å². The monoisotopic (exact) mass is 679 g/mol. The molecule has 2 aromatic carbocycles. The Bertz CT molecular complexity index is 1390. The number of unbranched alkanes of at least 4 members (excludes halogenated alkanes) is 1. The highest BCUT2D eigenvalue weighted by Crippen LogP contribution is 2.43. The Morgan fingerprint density at radius 1 is 0.957 bits per heavy atom. The predicted octanol–water partition coefficient (Wildman–Crippen LogP) is 10.5. The number of thioether (sulfide) groups is 1. The Balaban J connectivity index is 2.21. The highest BCUT2D eigenvalue weighted by molar-refractivity contribution is 8.03. The number of ether oxygens (including phenoxy) is 2. The molecule has 7 nitrogen and oxygen atoms in total. The zero-order chi connectivity index (χ0) is 35.0. The molecule has 0 aromatic heterocycles. The Kier molecular flexibility index (Phi) is 16.4. The molecule has 0 bridgehead atoms. The van der Waals surface area contributed by atoms with E-state index < -0.39 is 23.4 Å². The van der Waals surface area contributed by atoms with Crippen LogP contribution in [-0.4, -0.2) is 47.3 Å². The maximum Gasteiger partial charge on any atom is 0.437 e. The summed E-state index contributed by atoms with van der Waals surface area (Å²) in [5.41, 5.74) is 2.13. The van der Waals surface area contributed by atoms with Crippen LogP contribution < -0.4 is 5.32 Å². The molecule has 0 fully saturated rings. The van der Waals surface area contributed by atoms with Gasteiger partial charge in [-0.1, -0.05) is 74.2 Å². The van der Waals surface area contributed by atoms with Crippen molar-refractivity contribution in [1.82, 2.24) is 10.2 Å². The Labute approximate surface area is 292 Å². The first-order valence-electron chi connectivity index (χ1n) is 16.2. The number of carbonyl (C=O) groups is 2. The van der Waals surface area contributed by atoms with Crippen molar-refractivity contribution in [2.75, 3.05) is 13.1 Å². The molecule has 0 saturated heterocycles. The number of nitrogens with one attached hydrogen (secondary N) is 1. The molecule has 0 aliphatic heterocycles. The number of guanidine groups is 1. The van der Waals surface area contributed by atoms with Crippen LogP contribution in [0, 0.1) is 0 Å². The molecule has 0 radical (unpaired) electrons. The van der Waals surface area contributed by atoms with Gasteiger partial charge in [-0.3, -0.25) is 5.32 Å². The Hall–Kier alpha value is -3.43. The van der Waals surface area contributed by atoms with Gasteiger partial charge in [0.05, 0.1) is 5.25 Å². The molecule has 0 spiro atoms. The summed E-state index contributed by atoms with van der Waals surface area (Å²) < 4.78 is 10.9. The first-order valence-corrected chi connectivity index (χ1v) is 17.5. The molecule has 2 aromatic rings. The molecular weight excluding hydrogens is 627 g/mol. The van der Waals surface area contributed by atoms with E-state index in [0.717, 1.165) is 41.1 Å². The second-order valence-corrected chi connectivity index (χ2v) is 14.8. The fraction of sp³-hybridized carbons (Fsp3) is 0.447. The van der Waals surface area contributed by atoms with Gasteiger partial charge in [-0.2, -0.15) is 0 Å².